The fourth-order valence-electron chi connectivity index (χ4n) is 2.48. The van der Waals surface area contributed by atoms with Crippen molar-refractivity contribution < 1.29 is 0 Å². The van der Waals surface area contributed by atoms with Gasteiger partial charge in [0.25, 0.3) is 0 Å². The predicted molar refractivity (Wildman–Crippen MR) is 63.0 cm³/mol. The first-order chi connectivity index (χ1) is 6.93. The quantitative estimate of drug-likeness (QED) is 0.756. The molecule has 2 aliphatic rings. The minimum Gasteiger partial charge on any atom is -0.381 e. The number of thioether (sulfide) groups is 1. The highest BCUT2D eigenvalue weighted by Gasteiger charge is 2.29. The molecule has 2 aliphatic heterocycles. The number of anilines is 1. The first-order valence-corrected chi connectivity index (χ1v) is 6.51. The molecule has 1 saturated heterocycles. The van der Waals surface area contributed by atoms with Gasteiger partial charge in [-0.05, 0) is 41.9 Å². The molecule has 0 bridgehead atoms. The number of nitrogens with one attached hydrogen (secondary N) is 1. The van der Waals surface area contributed by atoms with Gasteiger partial charge in [-0.2, -0.15) is 11.8 Å². The van der Waals surface area contributed by atoms with Crippen LogP contribution in [0.1, 0.15) is 12.0 Å². The summed E-state index contributed by atoms with van der Waals surface area (Å²) in [5.41, 5.74) is 2.88. The maximum atomic E-state index is 3.66. The molecular formula is C12H15NS. The molecule has 1 N–H and O–H groups in total. The highest BCUT2D eigenvalue weighted by molar-refractivity contribution is 7.99. The van der Waals surface area contributed by atoms with E-state index in [-0.39, 0.29) is 0 Å². The van der Waals surface area contributed by atoms with Gasteiger partial charge in [0.1, 0.15) is 0 Å². The van der Waals surface area contributed by atoms with Crippen LogP contribution >= 0.6 is 11.8 Å². The molecule has 1 fully saturated rings. The summed E-state index contributed by atoms with van der Waals surface area (Å²) in [5.74, 6) is 3.61. The Morgan fingerprint density at radius 3 is 3.00 bits per heavy atom. The van der Waals surface area contributed by atoms with Crippen LogP contribution in [0.5, 0.6) is 0 Å². The smallest absolute Gasteiger partial charge is 0.0375 e. The van der Waals surface area contributed by atoms with E-state index in [1.807, 2.05) is 0 Å². The summed E-state index contributed by atoms with van der Waals surface area (Å²) in [6.07, 6.45) is 2.64. The summed E-state index contributed by atoms with van der Waals surface area (Å²) in [7, 11) is 0. The maximum absolute atomic E-state index is 3.66. The van der Waals surface area contributed by atoms with E-state index < -0.39 is 0 Å². The predicted octanol–water partition coefficient (Wildman–Crippen LogP) is 2.78. The molecule has 2 heterocycles. The molecule has 0 aromatic heterocycles. The molecule has 0 saturated carbocycles. The van der Waals surface area contributed by atoms with Gasteiger partial charge in [0.2, 0.25) is 0 Å². The molecular weight excluding hydrogens is 190 g/mol. The monoisotopic (exact) mass is 205 g/mol. The number of hydrogen-bond acceptors (Lipinski definition) is 2. The van der Waals surface area contributed by atoms with Crippen molar-refractivity contribution in [2.24, 2.45) is 5.92 Å². The van der Waals surface area contributed by atoms with Crippen LogP contribution in [-0.4, -0.2) is 17.5 Å². The van der Waals surface area contributed by atoms with Crippen LogP contribution in [-0.2, 0) is 6.42 Å². The first kappa shape index (κ1) is 8.66. The molecule has 0 aliphatic carbocycles. The Morgan fingerprint density at radius 1 is 1.29 bits per heavy atom. The van der Waals surface area contributed by atoms with E-state index in [0.717, 1.165) is 5.92 Å². The summed E-state index contributed by atoms with van der Waals surface area (Å²) in [5, 5.41) is 3.66. The molecule has 14 heavy (non-hydrogen) atoms. The van der Waals surface area contributed by atoms with Crippen molar-refractivity contribution in [1.82, 2.24) is 0 Å². The Balaban J connectivity index is 1.77. The number of benzene rings is 1. The summed E-state index contributed by atoms with van der Waals surface area (Å²) >= 11 is 2.11. The van der Waals surface area contributed by atoms with Gasteiger partial charge in [0.15, 0.2) is 0 Å². The minimum atomic E-state index is 0.711. The molecule has 0 spiro atoms. The zero-order chi connectivity index (χ0) is 9.38. The molecule has 0 amide bonds. The van der Waals surface area contributed by atoms with Crippen molar-refractivity contribution in [2.75, 3.05) is 16.8 Å². The number of hydrogen-bond donors (Lipinski definition) is 1. The average molecular weight is 205 g/mol. The van der Waals surface area contributed by atoms with E-state index in [1.54, 1.807) is 0 Å². The molecule has 2 atom stereocenters. The fraction of sp³-hybridized carbons (Fsp3) is 0.500. The van der Waals surface area contributed by atoms with Crippen LogP contribution in [0.2, 0.25) is 0 Å². The van der Waals surface area contributed by atoms with Crippen molar-refractivity contribution in [3.8, 4) is 0 Å². The van der Waals surface area contributed by atoms with Crippen LogP contribution in [0.25, 0.3) is 0 Å². The molecule has 1 aromatic rings. The van der Waals surface area contributed by atoms with Crippen molar-refractivity contribution in [3.63, 3.8) is 0 Å². The van der Waals surface area contributed by atoms with Gasteiger partial charge in [0.05, 0.1) is 0 Å². The molecule has 74 valence electrons. The normalized spacial score (nSPS) is 30.0. The second kappa shape index (κ2) is 3.50. The van der Waals surface area contributed by atoms with Crippen LogP contribution < -0.4 is 5.32 Å². The third-order valence-electron chi connectivity index (χ3n) is 3.33. The topological polar surface area (TPSA) is 12.0 Å². The van der Waals surface area contributed by atoms with E-state index in [9.17, 15) is 0 Å². The third-order valence-corrected chi connectivity index (χ3v) is 4.52. The van der Waals surface area contributed by atoms with Gasteiger partial charge in [-0.1, -0.05) is 18.2 Å². The van der Waals surface area contributed by atoms with Crippen molar-refractivity contribution in [3.05, 3.63) is 29.8 Å². The van der Waals surface area contributed by atoms with E-state index in [1.165, 1.54) is 35.6 Å². The fourth-order valence-corrected chi connectivity index (χ4v) is 3.82. The van der Waals surface area contributed by atoms with E-state index >= 15 is 0 Å². The summed E-state index contributed by atoms with van der Waals surface area (Å²) in [6.45, 7) is 0. The summed E-state index contributed by atoms with van der Waals surface area (Å²) in [6, 6.07) is 9.44. The molecule has 2 heteroatoms. The molecule has 0 radical (unpaired) electrons. The van der Waals surface area contributed by atoms with E-state index in [2.05, 4.69) is 41.3 Å². The van der Waals surface area contributed by atoms with Crippen LogP contribution in [0.4, 0.5) is 5.69 Å². The highest BCUT2D eigenvalue weighted by Crippen LogP contribution is 2.34. The van der Waals surface area contributed by atoms with Crippen molar-refractivity contribution >= 4 is 17.4 Å². The molecule has 2 unspecified atom stereocenters. The van der Waals surface area contributed by atoms with Gasteiger partial charge in [-0.25, -0.2) is 0 Å². The number of fused-ring (bicyclic) bond motifs is 1. The first-order valence-electron chi connectivity index (χ1n) is 5.36. The summed E-state index contributed by atoms with van der Waals surface area (Å²) in [4.78, 5) is 0. The molecule has 3 rings (SSSR count). The molecule has 1 aromatic carbocycles. The maximum Gasteiger partial charge on any atom is 0.0375 e. The van der Waals surface area contributed by atoms with E-state index in [4.69, 9.17) is 0 Å². The third kappa shape index (κ3) is 1.42. The van der Waals surface area contributed by atoms with Gasteiger partial charge in [-0.15, -0.1) is 0 Å². The Labute approximate surface area is 89.3 Å². The second-order valence-electron chi connectivity index (χ2n) is 4.24. The van der Waals surface area contributed by atoms with Crippen LogP contribution in [0.15, 0.2) is 24.3 Å². The van der Waals surface area contributed by atoms with Gasteiger partial charge >= 0.3 is 0 Å². The lowest BCUT2D eigenvalue weighted by Crippen LogP contribution is -2.26. The zero-order valence-electron chi connectivity index (χ0n) is 8.20. The average Bonchev–Trinajstić information content (AvgIpc) is 2.86. The lowest BCUT2D eigenvalue weighted by atomic mass is 9.96. The van der Waals surface area contributed by atoms with Crippen LogP contribution in [0.3, 0.4) is 0 Å². The van der Waals surface area contributed by atoms with Gasteiger partial charge < -0.3 is 5.32 Å². The van der Waals surface area contributed by atoms with Crippen molar-refractivity contribution in [1.29, 1.82) is 0 Å². The Morgan fingerprint density at radius 2 is 2.21 bits per heavy atom. The largest absolute Gasteiger partial charge is 0.381 e. The second-order valence-corrected chi connectivity index (χ2v) is 5.39. The van der Waals surface area contributed by atoms with Gasteiger partial charge in [0, 0.05) is 11.7 Å². The zero-order valence-corrected chi connectivity index (χ0v) is 9.02. The Hall–Kier alpha value is -0.630. The standard InChI is InChI=1S/C12H15NS/c1-2-4-11-9(3-1)7-12(13-11)10-5-6-14-8-10/h1-4,10,12-13H,5-8H2. The SMILES string of the molecule is c1ccc2c(c1)CC(C1CCSC1)N2. The van der Waals surface area contributed by atoms with E-state index in [0.29, 0.717) is 6.04 Å². The lowest BCUT2D eigenvalue weighted by molar-refractivity contribution is 0.504. The minimum absolute atomic E-state index is 0.711. The number of rotatable bonds is 1. The Kier molecular flexibility index (Phi) is 2.17. The molecule has 1 nitrogen and oxygen atoms in total. The Bertz CT molecular complexity index is 306. The van der Waals surface area contributed by atoms with Crippen molar-refractivity contribution in [2.45, 2.75) is 18.9 Å². The van der Waals surface area contributed by atoms with Gasteiger partial charge in [-0.3, -0.25) is 0 Å². The number of para-hydroxylation sites is 1. The lowest BCUT2D eigenvalue weighted by Gasteiger charge is -2.17. The highest BCUT2D eigenvalue weighted by atomic mass is 32.2. The summed E-state index contributed by atoms with van der Waals surface area (Å²) < 4.78 is 0. The van der Waals surface area contributed by atoms with Crippen LogP contribution in [0, 0.1) is 5.92 Å².